The molecule has 252 valence electrons. The maximum Gasteiger partial charge on any atom is 0.160 e. The number of pyridine rings is 1. The summed E-state index contributed by atoms with van der Waals surface area (Å²) in [4.78, 5) is 17.5. The molecule has 54 heavy (non-hydrogen) atoms. The quantitative estimate of drug-likeness (QED) is 0.183. The predicted octanol–water partition coefficient (Wildman–Crippen LogP) is 12.5. The second-order valence-corrected chi connectivity index (χ2v) is 15.0. The Bertz CT molecular complexity index is 2810. The van der Waals surface area contributed by atoms with Crippen LogP contribution in [0.4, 0.5) is 0 Å². The summed E-state index contributed by atoms with van der Waals surface area (Å²) in [6, 6.07) is 63.5. The van der Waals surface area contributed by atoms with Gasteiger partial charge in [0.05, 0.1) is 16.8 Å². The summed E-state index contributed by atoms with van der Waals surface area (Å²) in [6.07, 6.45) is 3.84. The lowest BCUT2D eigenvalue weighted by Gasteiger charge is -2.39. The van der Waals surface area contributed by atoms with Gasteiger partial charge >= 0.3 is 0 Å². The summed E-state index contributed by atoms with van der Waals surface area (Å²) in [6.45, 7) is 0. The van der Waals surface area contributed by atoms with E-state index in [-0.39, 0.29) is 0 Å². The van der Waals surface area contributed by atoms with E-state index in [0.29, 0.717) is 5.82 Å². The zero-order valence-electron chi connectivity index (χ0n) is 29.1. The number of benzene rings is 7. The van der Waals surface area contributed by atoms with Crippen molar-refractivity contribution in [3.63, 3.8) is 0 Å². The highest BCUT2D eigenvalue weighted by molar-refractivity contribution is 7.99. The molecule has 2 aliphatic rings. The number of fused-ring (bicyclic) bond motifs is 10. The van der Waals surface area contributed by atoms with Crippen LogP contribution < -0.4 is 0 Å². The van der Waals surface area contributed by atoms with E-state index in [2.05, 4.69) is 169 Å². The van der Waals surface area contributed by atoms with E-state index >= 15 is 0 Å². The zero-order valence-corrected chi connectivity index (χ0v) is 30.0. The lowest BCUT2D eigenvalue weighted by atomic mass is 9.67. The molecule has 1 aliphatic carbocycles. The van der Waals surface area contributed by atoms with Gasteiger partial charge in [-0.3, -0.25) is 4.98 Å². The van der Waals surface area contributed by atoms with Gasteiger partial charge in [0.2, 0.25) is 0 Å². The lowest BCUT2D eigenvalue weighted by Crippen LogP contribution is -2.32. The molecular formula is C50H31N3S. The number of rotatable bonds is 4. The molecule has 11 rings (SSSR count). The summed E-state index contributed by atoms with van der Waals surface area (Å²) in [5.74, 6) is 0.709. The SMILES string of the molecule is c1ccc(-c2cc(-c3ccccc3)nc(-c3ccc4c(c3)C3(c5ccccc5Sc5ccccc53)c3cc(-c5cccc6cnccc56)ccc3-4)n2)cc1. The topological polar surface area (TPSA) is 38.7 Å². The molecule has 0 radical (unpaired) electrons. The summed E-state index contributed by atoms with van der Waals surface area (Å²) >= 11 is 1.86. The van der Waals surface area contributed by atoms with E-state index in [4.69, 9.17) is 9.97 Å². The molecular weight excluding hydrogens is 675 g/mol. The van der Waals surface area contributed by atoms with Gasteiger partial charge in [-0.1, -0.05) is 151 Å². The molecule has 7 aromatic carbocycles. The van der Waals surface area contributed by atoms with Gasteiger partial charge in [0.25, 0.3) is 0 Å². The van der Waals surface area contributed by atoms with Crippen LogP contribution in [-0.2, 0) is 5.41 Å². The van der Waals surface area contributed by atoms with Crippen LogP contribution in [0.25, 0.3) is 66.9 Å². The van der Waals surface area contributed by atoms with Gasteiger partial charge in [0.1, 0.15) is 0 Å². The molecule has 0 saturated heterocycles. The van der Waals surface area contributed by atoms with Crippen molar-refractivity contribution < 1.29 is 0 Å². The Labute approximate surface area is 318 Å². The van der Waals surface area contributed by atoms with Crippen LogP contribution >= 0.6 is 11.8 Å². The summed E-state index contributed by atoms with van der Waals surface area (Å²) in [5, 5.41) is 2.33. The minimum atomic E-state index is -0.555. The Balaban J connectivity index is 1.19. The monoisotopic (exact) mass is 705 g/mol. The molecule has 0 fully saturated rings. The highest BCUT2D eigenvalue weighted by Crippen LogP contribution is 2.63. The van der Waals surface area contributed by atoms with Gasteiger partial charge in [-0.05, 0) is 86.3 Å². The third-order valence-electron chi connectivity index (χ3n) is 11.1. The molecule has 0 bridgehead atoms. The Kier molecular flexibility index (Phi) is 7.01. The fourth-order valence-electron chi connectivity index (χ4n) is 8.67. The molecule has 4 heteroatoms. The molecule has 0 saturated carbocycles. The Hall–Kier alpha value is -6.62. The zero-order chi connectivity index (χ0) is 35.6. The first kappa shape index (κ1) is 31.0. The first-order chi connectivity index (χ1) is 26.8. The van der Waals surface area contributed by atoms with Crippen molar-refractivity contribution in [3.05, 3.63) is 211 Å². The fraction of sp³-hybridized carbons (Fsp3) is 0.0200. The molecule has 1 spiro atoms. The second kappa shape index (κ2) is 12.2. The van der Waals surface area contributed by atoms with E-state index in [0.717, 1.165) is 33.5 Å². The molecule has 9 aromatic rings. The van der Waals surface area contributed by atoms with Crippen molar-refractivity contribution in [1.82, 2.24) is 15.0 Å². The number of hydrogen-bond acceptors (Lipinski definition) is 4. The third-order valence-corrected chi connectivity index (χ3v) is 12.2. The van der Waals surface area contributed by atoms with Crippen LogP contribution in [0.2, 0.25) is 0 Å². The van der Waals surface area contributed by atoms with Crippen molar-refractivity contribution >= 4 is 22.5 Å². The summed E-state index contributed by atoms with van der Waals surface area (Å²) < 4.78 is 0. The average molecular weight is 706 g/mol. The largest absolute Gasteiger partial charge is 0.264 e. The molecule has 1 aliphatic heterocycles. The van der Waals surface area contributed by atoms with Crippen LogP contribution in [0.1, 0.15) is 22.3 Å². The highest BCUT2D eigenvalue weighted by atomic mass is 32.2. The highest BCUT2D eigenvalue weighted by Gasteiger charge is 2.50. The van der Waals surface area contributed by atoms with Crippen LogP contribution in [0.15, 0.2) is 198 Å². The second-order valence-electron chi connectivity index (χ2n) is 14.0. The van der Waals surface area contributed by atoms with E-state index in [1.54, 1.807) is 0 Å². The van der Waals surface area contributed by atoms with Crippen molar-refractivity contribution in [1.29, 1.82) is 0 Å². The number of nitrogens with zero attached hydrogens (tertiary/aromatic N) is 3. The van der Waals surface area contributed by atoms with E-state index < -0.39 is 5.41 Å². The molecule has 0 amide bonds. The van der Waals surface area contributed by atoms with Gasteiger partial charge in [-0.25, -0.2) is 9.97 Å². The predicted molar refractivity (Wildman–Crippen MR) is 221 cm³/mol. The van der Waals surface area contributed by atoms with E-state index in [1.807, 2.05) is 36.3 Å². The van der Waals surface area contributed by atoms with Crippen molar-refractivity contribution in [2.45, 2.75) is 15.2 Å². The first-order valence-corrected chi connectivity index (χ1v) is 19.1. The Morgan fingerprint density at radius 2 is 0.981 bits per heavy atom. The van der Waals surface area contributed by atoms with Gasteiger partial charge in [-0.2, -0.15) is 0 Å². The summed E-state index contributed by atoms with van der Waals surface area (Å²) in [7, 11) is 0. The minimum absolute atomic E-state index is 0.555. The maximum atomic E-state index is 5.26. The van der Waals surface area contributed by atoms with Crippen molar-refractivity contribution in [2.24, 2.45) is 0 Å². The van der Waals surface area contributed by atoms with E-state index in [9.17, 15) is 0 Å². The van der Waals surface area contributed by atoms with Gasteiger partial charge < -0.3 is 0 Å². The normalized spacial score (nSPS) is 13.3. The average Bonchev–Trinajstić information content (AvgIpc) is 3.53. The van der Waals surface area contributed by atoms with Gasteiger partial charge in [0, 0.05) is 44.3 Å². The molecule has 0 N–H and O–H groups in total. The van der Waals surface area contributed by atoms with Gasteiger partial charge in [0.15, 0.2) is 5.82 Å². The van der Waals surface area contributed by atoms with Gasteiger partial charge in [-0.15, -0.1) is 0 Å². The standard InChI is InChI=1S/C50H31N3S/c1-3-12-32(13-4-1)45-30-46(33-14-5-2-6-15-33)53-49(52-45)35-23-25-40-39-24-22-34(37-17-11-16-36-31-51-27-26-38(36)37)28-43(39)50(44(40)29-35)41-18-7-9-20-47(41)54-48-21-10-8-19-42(48)50/h1-31H. The molecule has 2 aromatic heterocycles. The maximum absolute atomic E-state index is 5.26. The van der Waals surface area contributed by atoms with Crippen LogP contribution in [0.5, 0.6) is 0 Å². The van der Waals surface area contributed by atoms with Crippen molar-refractivity contribution in [3.8, 4) is 56.2 Å². The van der Waals surface area contributed by atoms with Crippen LogP contribution in [0, 0.1) is 0 Å². The Morgan fingerprint density at radius 3 is 1.63 bits per heavy atom. The molecule has 3 nitrogen and oxygen atoms in total. The van der Waals surface area contributed by atoms with Crippen LogP contribution in [0.3, 0.4) is 0 Å². The van der Waals surface area contributed by atoms with Crippen molar-refractivity contribution in [2.75, 3.05) is 0 Å². The number of hydrogen-bond donors (Lipinski definition) is 0. The minimum Gasteiger partial charge on any atom is -0.264 e. The molecule has 0 unspecified atom stereocenters. The molecule has 3 heterocycles. The smallest absolute Gasteiger partial charge is 0.160 e. The lowest BCUT2D eigenvalue weighted by molar-refractivity contribution is 0.723. The van der Waals surface area contributed by atoms with Crippen LogP contribution in [-0.4, -0.2) is 15.0 Å². The molecule has 0 atom stereocenters. The first-order valence-electron chi connectivity index (χ1n) is 18.3. The Morgan fingerprint density at radius 1 is 0.407 bits per heavy atom. The fourth-order valence-corrected chi connectivity index (χ4v) is 9.86. The van der Waals surface area contributed by atoms with E-state index in [1.165, 1.54) is 59.7 Å². The summed E-state index contributed by atoms with van der Waals surface area (Å²) in [5.41, 5.74) is 14.4. The number of aromatic nitrogens is 3. The third kappa shape index (κ3) is 4.67.